The molecule has 4 aromatic heterocycles. The molecule has 8 nitrogen and oxygen atoms in total. The standard InChI is InChI=1S/C15H13ClN6O2/c1-19-13-12(14(23)20(2)15(19)24)22(8-17-13)7-10-6-21-5-9(16)3-4-11(21)18-10/h3-6,8H,7H2,1-2H3. The highest BCUT2D eigenvalue weighted by Gasteiger charge is 2.15. The van der Waals surface area contributed by atoms with Gasteiger partial charge in [0.15, 0.2) is 11.2 Å². The van der Waals surface area contributed by atoms with Gasteiger partial charge >= 0.3 is 5.69 Å². The van der Waals surface area contributed by atoms with Crippen molar-refractivity contribution in [2.45, 2.75) is 6.54 Å². The van der Waals surface area contributed by atoms with E-state index in [0.29, 0.717) is 22.7 Å². The second kappa shape index (κ2) is 5.07. The largest absolute Gasteiger partial charge is 0.332 e. The van der Waals surface area contributed by atoms with Crippen molar-refractivity contribution in [3.05, 3.63) is 62.4 Å². The third-order valence-corrected chi connectivity index (χ3v) is 4.24. The second-order valence-electron chi connectivity index (χ2n) is 5.60. The van der Waals surface area contributed by atoms with Gasteiger partial charge in [0, 0.05) is 26.5 Å². The minimum atomic E-state index is -0.403. The Bertz CT molecular complexity index is 1210. The van der Waals surface area contributed by atoms with Crippen molar-refractivity contribution < 1.29 is 0 Å². The fourth-order valence-corrected chi connectivity index (χ4v) is 2.95. The summed E-state index contributed by atoms with van der Waals surface area (Å²) in [6.07, 6.45) is 5.16. The molecule has 0 bridgehead atoms. The molecule has 4 rings (SSSR count). The zero-order valence-electron chi connectivity index (χ0n) is 13.0. The maximum Gasteiger partial charge on any atom is 0.332 e. The topological polar surface area (TPSA) is 79.1 Å². The molecule has 0 fully saturated rings. The van der Waals surface area contributed by atoms with Crippen LogP contribution >= 0.6 is 11.6 Å². The zero-order valence-corrected chi connectivity index (χ0v) is 13.7. The highest BCUT2D eigenvalue weighted by molar-refractivity contribution is 6.30. The first-order chi connectivity index (χ1) is 11.5. The van der Waals surface area contributed by atoms with E-state index < -0.39 is 5.69 Å². The Kier molecular flexibility index (Phi) is 3.10. The van der Waals surface area contributed by atoms with Gasteiger partial charge in [-0.1, -0.05) is 11.6 Å². The summed E-state index contributed by atoms with van der Waals surface area (Å²) in [6, 6.07) is 3.59. The second-order valence-corrected chi connectivity index (χ2v) is 6.03. The van der Waals surface area contributed by atoms with Gasteiger partial charge in [-0.25, -0.2) is 14.8 Å². The molecule has 122 valence electrons. The van der Waals surface area contributed by atoms with Gasteiger partial charge in [-0.2, -0.15) is 0 Å². The van der Waals surface area contributed by atoms with E-state index in [1.165, 1.54) is 11.6 Å². The lowest BCUT2D eigenvalue weighted by atomic mass is 10.4. The molecule has 0 amide bonds. The third kappa shape index (κ3) is 2.07. The Morgan fingerprint density at radius 1 is 1.12 bits per heavy atom. The van der Waals surface area contributed by atoms with Crippen molar-refractivity contribution in [2.75, 3.05) is 0 Å². The van der Waals surface area contributed by atoms with Crippen LogP contribution in [0.2, 0.25) is 5.02 Å². The van der Waals surface area contributed by atoms with Crippen LogP contribution in [0.3, 0.4) is 0 Å². The Labute approximate surface area is 140 Å². The van der Waals surface area contributed by atoms with E-state index in [1.807, 2.05) is 16.7 Å². The summed E-state index contributed by atoms with van der Waals surface area (Å²) in [5.74, 6) is 0. The van der Waals surface area contributed by atoms with Gasteiger partial charge in [-0.05, 0) is 12.1 Å². The SMILES string of the molecule is Cn1c(=O)c2c(ncn2Cc2cn3cc(Cl)ccc3n2)n(C)c1=O. The summed E-state index contributed by atoms with van der Waals surface area (Å²) in [7, 11) is 3.04. The number of hydrogen-bond acceptors (Lipinski definition) is 4. The Hall–Kier alpha value is -2.87. The molecule has 4 heterocycles. The molecule has 0 saturated carbocycles. The van der Waals surface area contributed by atoms with Crippen LogP contribution in [0.25, 0.3) is 16.8 Å². The number of aromatic nitrogens is 6. The molecule has 0 aliphatic heterocycles. The highest BCUT2D eigenvalue weighted by Crippen LogP contribution is 2.14. The average Bonchev–Trinajstić information content (AvgIpc) is 3.14. The molecule has 0 radical (unpaired) electrons. The van der Waals surface area contributed by atoms with Gasteiger partial charge in [0.2, 0.25) is 0 Å². The van der Waals surface area contributed by atoms with Crippen LogP contribution in [0.1, 0.15) is 5.69 Å². The number of fused-ring (bicyclic) bond motifs is 2. The van der Waals surface area contributed by atoms with Gasteiger partial charge in [0.05, 0.1) is 23.6 Å². The van der Waals surface area contributed by atoms with Crippen molar-refractivity contribution in [3.8, 4) is 0 Å². The smallest absolute Gasteiger partial charge is 0.319 e. The maximum atomic E-state index is 12.4. The van der Waals surface area contributed by atoms with E-state index in [4.69, 9.17) is 11.6 Å². The summed E-state index contributed by atoms with van der Waals surface area (Å²) in [5, 5.41) is 0.614. The van der Waals surface area contributed by atoms with Crippen LogP contribution in [0.4, 0.5) is 0 Å². The van der Waals surface area contributed by atoms with E-state index in [2.05, 4.69) is 9.97 Å². The first-order valence-corrected chi connectivity index (χ1v) is 7.57. The summed E-state index contributed by atoms with van der Waals surface area (Å²) in [4.78, 5) is 33.1. The van der Waals surface area contributed by atoms with E-state index in [-0.39, 0.29) is 5.56 Å². The molecule has 0 aliphatic rings. The molecule has 0 N–H and O–H groups in total. The van der Waals surface area contributed by atoms with Crippen molar-refractivity contribution in [2.24, 2.45) is 14.1 Å². The number of pyridine rings is 1. The first kappa shape index (κ1) is 14.7. The molecular formula is C15H13ClN6O2. The van der Waals surface area contributed by atoms with Crippen LogP contribution in [0.5, 0.6) is 0 Å². The molecular weight excluding hydrogens is 332 g/mol. The first-order valence-electron chi connectivity index (χ1n) is 7.19. The summed E-state index contributed by atoms with van der Waals surface area (Å²) in [6.45, 7) is 0.364. The Morgan fingerprint density at radius 3 is 2.71 bits per heavy atom. The molecule has 4 aromatic rings. The quantitative estimate of drug-likeness (QED) is 0.538. The molecule has 24 heavy (non-hydrogen) atoms. The van der Waals surface area contributed by atoms with Crippen LogP contribution in [-0.4, -0.2) is 28.1 Å². The lowest BCUT2D eigenvalue weighted by molar-refractivity contribution is 0.701. The van der Waals surface area contributed by atoms with Crippen molar-refractivity contribution in [3.63, 3.8) is 0 Å². The normalized spacial score (nSPS) is 11.6. The molecule has 0 atom stereocenters. The van der Waals surface area contributed by atoms with E-state index in [1.54, 1.807) is 30.2 Å². The average molecular weight is 345 g/mol. The number of halogens is 1. The Morgan fingerprint density at radius 2 is 1.92 bits per heavy atom. The van der Waals surface area contributed by atoms with Gasteiger partial charge < -0.3 is 8.97 Å². The van der Waals surface area contributed by atoms with Crippen LogP contribution in [-0.2, 0) is 20.6 Å². The molecule has 0 aliphatic carbocycles. The van der Waals surface area contributed by atoms with Crippen LogP contribution in [0, 0.1) is 0 Å². The van der Waals surface area contributed by atoms with Crippen LogP contribution in [0.15, 0.2) is 40.4 Å². The monoisotopic (exact) mass is 344 g/mol. The van der Waals surface area contributed by atoms with Crippen molar-refractivity contribution in [1.82, 2.24) is 28.1 Å². The lowest BCUT2D eigenvalue weighted by Crippen LogP contribution is -2.37. The minimum Gasteiger partial charge on any atom is -0.319 e. The van der Waals surface area contributed by atoms with Gasteiger partial charge in [-0.3, -0.25) is 13.9 Å². The third-order valence-electron chi connectivity index (χ3n) is 4.01. The number of nitrogens with zero attached hydrogens (tertiary/aromatic N) is 6. The molecule has 0 saturated heterocycles. The molecule has 0 unspecified atom stereocenters. The minimum absolute atomic E-state index is 0.356. The highest BCUT2D eigenvalue weighted by atomic mass is 35.5. The van der Waals surface area contributed by atoms with E-state index >= 15 is 0 Å². The fraction of sp³-hybridized carbons (Fsp3) is 0.200. The van der Waals surface area contributed by atoms with Gasteiger partial charge in [0.25, 0.3) is 5.56 Å². The summed E-state index contributed by atoms with van der Waals surface area (Å²) < 4.78 is 5.95. The number of aryl methyl sites for hydroxylation is 1. The van der Waals surface area contributed by atoms with Crippen LogP contribution < -0.4 is 11.2 Å². The van der Waals surface area contributed by atoms with Crippen molar-refractivity contribution >= 4 is 28.4 Å². The molecule has 0 aromatic carbocycles. The van der Waals surface area contributed by atoms with Crippen molar-refractivity contribution in [1.29, 1.82) is 0 Å². The number of rotatable bonds is 2. The maximum absolute atomic E-state index is 12.4. The Balaban J connectivity index is 1.87. The van der Waals surface area contributed by atoms with Gasteiger partial charge in [0.1, 0.15) is 5.65 Å². The predicted molar refractivity (Wildman–Crippen MR) is 89.5 cm³/mol. The van der Waals surface area contributed by atoms with Gasteiger partial charge in [-0.15, -0.1) is 0 Å². The lowest BCUT2D eigenvalue weighted by Gasteiger charge is -2.05. The van der Waals surface area contributed by atoms with E-state index in [9.17, 15) is 9.59 Å². The molecule has 0 spiro atoms. The summed E-state index contributed by atoms with van der Waals surface area (Å²) in [5.41, 5.74) is 1.47. The zero-order chi connectivity index (χ0) is 17.0. The molecule has 9 heteroatoms. The predicted octanol–water partition coefficient (Wildman–Crippen LogP) is 0.783. The fourth-order valence-electron chi connectivity index (χ4n) is 2.78. The van der Waals surface area contributed by atoms with E-state index in [0.717, 1.165) is 15.9 Å². The number of hydrogen-bond donors (Lipinski definition) is 0. The summed E-state index contributed by atoms with van der Waals surface area (Å²) >= 11 is 5.98. The number of imidazole rings is 2.